The van der Waals surface area contributed by atoms with Gasteiger partial charge in [0.25, 0.3) is 0 Å². The summed E-state index contributed by atoms with van der Waals surface area (Å²) in [5, 5.41) is 31.0. The van der Waals surface area contributed by atoms with Gasteiger partial charge in [0.1, 0.15) is 12.1 Å². The van der Waals surface area contributed by atoms with Crippen molar-refractivity contribution in [3.05, 3.63) is 28.8 Å². The van der Waals surface area contributed by atoms with Gasteiger partial charge in [-0.25, -0.2) is 9.59 Å². The van der Waals surface area contributed by atoms with E-state index in [9.17, 15) is 9.59 Å². The average Bonchev–Trinajstić information content (AvgIpc) is 2.38. The molecule has 1 rings (SSSR count). The Hall–Kier alpha value is -2.30. The number of urea groups is 1. The van der Waals surface area contributed by atoms with E-state index < -0.39 is 18.0 Å². The first-order chi connectivity index (χ1) is 9.47. The van der Waals surface area contributed by atoms with E-state index in [0.29, 0.717) is 5.69 Å². The number of hydrogen-bond acceptors (Lipinski definition) is 4. The molecule has 20 heavy (non-hydrogen) atoms. The molecule has 1 atom stereocenters. The molecule has 0 heterocycles. The highest BCUT2D eigenvalue weighted by Gasteiger charge is 2.19. The normalized spacial score (nSPS) is 11.2. The van der Waals surface area contributed by atoms with Crippen molar-refractivity contribution in [2.24, 2.45) is 0 Å². The van der Waals surface area contributed by atoms with Crippen LogP contribution in [0.15, 0.2) is 18.2 Å². The molecule has 0 aliphatic rings. The second kappa shape index (κ2) is 7.33. The van der Waals surface area contributed by atoms with Gasteiger partial charge in [0.15, 0.2) is 0 Å². The molecule has 4 N–H and O–H groups in total. The van der Waals surface area contributed by atoms with Crippen LogP contribution in [0.2, 0.25) is 5.02 Å². The maximum absolute atomic E-state index is 11.6. The Kier molecular flexibility index (Phi) is 5.77. The van der Waals surface area contributed by atoms with Crippen LogP contribution < -0.4 is 10.6 Å². The number of nitrogens with zero attached hydrogens (tertiary/aromatic N) is 1. The van der Waals surface area contributed by atoms with Gasteiger partial charge in [-0.3, -0.25) is 0 Å². The lowest BCUT2D eigenvalue weighted by atomic mass is 10.2. The van der Waals surface area contributed by atoms with Gasteiger partial charge in [-0.05, 0) is 18.2 Å². The molecule has 1 aromatic carbocycles. The van der Waals surface area contributed by atoms with Gasteiger partial charge in [-0.1, -0.05) is 11.6 Å². The molecule has 1 aromatic rings. The van der Waals surface area contributed by atoms with E-state index in [0.717, 1.165) is 0 Å². The van der Waals surface area contributed by atoms with Crippen molar-refractivity contribution in [3.63, 3.8) is 0 Å². The Bertz CT molecular complexity index is 556. The number of anilines is 1. The number of carbonyl (C=O) groups is 2. The van der Waals surface area contributed by atoms with Crippen LogP contribution in [0.4, 0.5) is 10.5 Å². The molecule has 0 radical (unpaired) electrons. The summed E-state index contributed by atoms with van der Waals surface area (Å²) in [7, 11) is 0. The number of carbonyl (C=O) groups excluding carboxylic acids is 1. The summed E-state index contributed by atoms with van der Waals surface area (Å²) in [6.45, 7) is -0.361. The molecule has 106 valence electrons. The second-order valence-electron chi connectivity index (χ2n) is 3.81. The minimum atomic E-state index is -1.24. The number of aliphatic hydroxyl groups is 1. The summed E-state index contributed by atoms with van der Waals surface area (Å²) in [6.07, 6.45) is -0.100. The van der Waals surface area contributed by atoms with E-state index in [1.165, 1.54) is 18.2 Å². The van der Waals surface area contributed by atoms with Crippen LogP contribution in [0.3, 0.4) is 0 Å². The van der Waals surface area contributed by atoms with Gasteiger partial charge in [0.05, 0.1) is 10.6 Å². The topological polar surface area (TPSA) is 122 Å². The van der Waals surface area contributed by atoms with Gasteiger partial charge in [-0.2, -0.15) is 5.26 Å². The van der Waals surface area contributed by atoms with Crippen molar-refractivity contribution >= 4 is 29.3 Å². The minimum absolute atomic E-state index is 0.100. The second-order valence-corrected chi connectivity index (χ2v) is 4.22. The third kappa shape index (κ3) is 4.42. The minimum Gasteiger partial charge on any atom is -0.480 e. The highest BCUT2D eigenvalue weighted by Crippen LogP contribution is 2.20. The first-order valence-corrected chi connectivity index (χ1v) is 5.96. The van der Waals surface area contributed by atoms with E-state index in [-0.39, 0.29) is 23.6 Å². The summed E-state index contributed by atoms with van der Waals surface area (Å²) < 4.78 is 0. The molecule has 0 fully saturated rings. The number of amides is 2. The average molecular weight is 298 g/mol. The highest BCUT2D eigenvalue weighted by atomic mass is 35.5. The summed E-state index contributed by atoms with van der Waals surface area (Å²) in [5.41, 5.74) is 0.584. The van der Waals surface area contributed by atoms with Crippen LogP contribution in [-0.4, -0.2) is 34.9 Å². The predicted molar refractivity (Wildman–Crippen MR) is 71.4 cm³/mol. The van der Waals surface area contributed by atoms with Gasteiger partial charge in [0.2, 0.25) is 0 Å². The quantitative estimate of drug-likeness (QED) is 0.649. The van der Waals surface area contributed by atoms with Crippen LogP contribution in [0.5, 0.6) is 0 Å². The Morgan fingerprint density at radius 3 is 2.65 bits per heavy atom. The van der Waals surface area contributed by atoms with Crippen molar-refractivity contribution in [2.75, 3.05) is 11.9 Å². The largest absolute Gasteiger partial charge is 0.480 e. The van der Waals surface area contributed by atoms with Crippen LogP contribution in [0.1, 0.15) is 12.0 Å². The third-order valence-electron chi connectivity index (χ3n) is 2.37. The van der Waals surface area contributed by atoms with E-state index in [2.05, 4.69) is 10.6 Å². The smallest absolute Gasteiger partial charge is 0.326 e. The van der Waals surface area contributed by atoms with E-state index in [1.807, 2.05) is 6.07 Å². The lowest BCUT2D eigenvalue weighted by Gasteiger charge is -2.14. The first kappa shape index (κ1) is 15.8. The number of benzene rings is 1. The summed E-state index contributed by atoms with van der Waals surface area (Å²) in [5.74, 6) is -1.24. The summed E-state index contributed by atoms with van der Waals surface area (Å²) in [4.78, 5) is 22.4. The van der Waals surface area contributed by atoms with Crippen LogP contribution in [0, 0.1) is 11.3 Å². The summed E-state index contributed by atoms with van der Waals surface area (Å²) in [6, 6.07) is 4.22. The maximum Gasteiger partial charge on any atom is 0.326 e. The van der Waals surface area contributed by atoms with Crippen molar-refractivity contribution in [1.29, 1.82) is 5.26 Å². The molecule has 0 saturated heterocycles. The Balaban J connectivity index is 2.69. The van der Waals surface area contributed by atoms with Crippen LogP contribution in [0.25, 0.3) is 0 Å². The van der Waals surface area contributed by atoms with E-state index in [1.54, 1.807) is 0 Å². The van der Waals surface area contributed by atoms with Gasteiger partial charge in [0, 0.05) is 18.7 Å². The number of carboxylic acids is 1. The number of nitriles is 1. The van der Waals surface area contributed by atoms with Gasteiger partial charge in [-0.15, -0.1) is 0 Å². The molecule has 0 saturated carbocycles. The van der Waals surface area contributed by atoms with E-state index >= 15 is 0 Å². The molecule has 7 nitrogen and oxygen atoms in total. The molecular formula is C12H12ClN3O4. The fraction of sp³-hybridized carbons (Fsp3) is 0.250. The first-order valence-electron chi connectivity index (χ1n) is 5.58. The number of rotatable bonds is 5. The summed E-state index contributed by atoms with van der Waals surface area (Å²) >= 11 is 5.80. The zero-order chi connectivity index (χ0) is 15.1. The van der Waals surface area contributed by atoms with E-state index in [4.69, 9.17) is 27.1 Å². The number of hydrogen-bond donors (Lipinski definition) is 4. The molecule has 0 aliphatic heterocycles. The Morgan fingerprint density at radius 2 is 2.15 bits per heavy atom. The molecular weight excluding hydrogens is 286 g/mol. The molecule has 0 spiro atoms. The van der Waals surface area contributed by atoms with Crippen molar-refractivity contribution in [2.45, 2.75) is 12.5 Å². The lowest BCUT2D eigenvalue weighted by molar-refractivity contribution is -0.139. The van der Waals surface area contributed by atoms with Crippen LogP contribution in [-0.2, 0) is 4.79 Å². The van der Waals surface area contributed by atoms with Crippen molar-refractivity contribution in [1.82, 2.24) is 5.32 Å². The third-order valence-corrected chi connectivity index (χ3v) is 2.68. The number of aliphatic hydroxyl groups excluding tert-OH is 1. The standard InChI is InChI=1S/C12H12ClN3O4/c13-9-5-8(2-1-7(9)6-14)15-12(20)16-10(3-4-17)11(18)19/h1-2,5,10,17H,3-4H2,(H,18,19)(H2,15,16,20)/t10-/m1/s1. The number of aliphatic carboxylic acids is 1. The van der Waals surface area contributed by atoms with Gasteiger partial charge >= 0.3 is 12.0 Å². The zero-order valence-electron chi connectivity index (χ0n) is 10.3. The predicted octanol–water partition coefficient (Wildman–Crippen LogP) is 1.17. The number of carboxylic acid groups (broad SMARTS) is 1. The lowest BCUT2D eigenvalue weighted by Crippen LogP contribution is -2.43. The molecule has 0 aliphatic carbocycles. The van der Waals surface area contributed by atoms with Gasteiger partial charge < -0.3 is 20.8 Å². The maximum atomic E-state index is 11.6. The molecule has 0 bridgehead atoms. The SMILES string of the molecule is N#Cc1ccc(NC(=O)N[C@H](CCO)C(=O)O)cc1Cl. The molecule has 0 unspecified atom stereocenters. The monoisotopic (exact) mass is 297 g/mol. The highest BCUT2D eigenvalue weighted by molar-refractivity contribution is 6.32. The number of halogens is 1. The molecule has 2 amide bonds. The number of nitrogens with one attached hydrogen (secondary N) is 2. The molecule has 0 aromatic heterocycles. The fourth-order valence-corrected chi connectivity index (χ4v) is 1.62. The fourth-order valence-electron chi connectivity index (χ4n) is 1.40. The van der Waals surface area contributed by atoms with Crippen molar-refractivity contribution in [3.8, 4) is 6.07 Å². The van der Waals surface area contributed by atoms with Crippen molar-refractivity contribution < 1.29 is 19.8 Å². The molecule has 8 heteroatoms. The Morgan fingerprint density at radius 1 is 1.45 bits per heavy atom. The Labute approximate surface area is 119 Å². The van der Waals surface area contributed by atoms with Crippen LogP contribution >= 0.6 is 11.6 Å². The zero-order valence-corrected chi connectivity index (χ0v) is 11.0.